The fourth-order valence-electron chi connectivity index (χ4n) is 5.86. The largest absolute Gasteiger partial charge is 0.389 e. The quantitative estimate of drug-likeness (QED) is 0.324. The van der Waals surface area contributed by atoms with Crippen LogP contribution >= 0.6 is 0 Å². The number of hydrogen-bond acceptors (Lipinski definition) is 3. The molecule has 4 rings (SSSR count). The molecule has 0 bridgehead atoms. The summed E-state index contributed by atoms with van der Waals surface area (Å²) in [6.45, 7) is 19.4. The van der Waals surface area contributed by atoms with Crippen LogP contribution in [0, 0.1) is 19.8 Å². The molecule has 198 valence electrons. The Hall–Kier alpha value is -3.43. The van der Waals surface area contributed by atoms with E-state index in [2.05, 4.69) is 115 Å². The summed E-state index contributed by atoms with van der Waals surface area (Å²) in [5, 5.41) is 10.7. The molecule has 1 atom stereocenters. The number of para-hydroxylation sites is 1. The lowest BCUT2D eigenvalue weighted by atomic mass is 9.90. The van der Waals surface area contributed by atoms with Crippen molar-refractivity contribution in [2.75, 3.05) is 4.90 Å². The van der Waals surface area contributed by atoms with Gasteiger partial charge in [-0.15, -0.1) is 0 Å². The molecule has 1 N–H and O–H groups in total. The summed E-state index contributed by atoms with van der Waals surface area (Å²) in [4.78, 5) is 7.29. The number of anilines is 2. The maximum atomic E-state index is 10.7. The Morgan fingerprint density at radius 1 is 0.974 bits per heavy atom. The summed E-state index contributed by atoms with van der Waals surface area (Å²) >= 11 is 0. The van der Waals surface area contributed by atoms with Gasteiger partial charge in [-0.05, 0) is 112 Å². The molecule has 0 saturated carbocycles. The van der Waals surface area contributed by atoms with Crippen molar-refractivity contribution in [2.45, 2.75) is 74.8 Å². The lowest BCUT2D eigenvalue weighted by Gasteiger charge is -2.33. The Morgan fingerprint density at radius 3 is 2.26 bits per heavy atom. The van der Waals surface area contributed by atoms with Crippen LogP contribution < -0.4 is 4.90 Å². The highest BCUT2D eigenvalue weighted by Crippen LogP contribution is 2.43. The molecule has 1 unspecified atom stereocenters. The smallest absolute Gasteiger partial charge is 0.0768 e. The number of allylic oxidation sites excluding steroid dienone is 5. The van der Waals surface area contributed by atoms with Crippen LogP contribution in [0.5, 0.6) is 0 Å². The summed E-state index contributed by atoms with van der Waals surface area (Å²) in [5.74, 6) is 0.438. The first kappa shape index (κ1) is 27.6. The lowest BCUT2D eigenvalue weighted by molar-refractivity contribution is 0.200. The molecule has 2 aromatic carbocycles. The van der Waals surface area contributed by atoms with E-state index >= 15 is 0 Å². The van der Waals surface area contributed by atoms with E-state index in [0.29, 0.717) is 5.92 Å². The van der Waals surface area contributed by atoms with E-state index in [-0.39, 0.29) is 0 Å². The Kier molecular flexibility index (Phi) is 8.08. The monoisotopic (exact) mass is 506 g/mol. The molecule has 0 amide bonds. The van der Waals surface area contributed by atoms with E-state index in [1.807, 2.05) is 13.1 Å². The minimum atomic E-state index is -0.582. The first-order chi connectivity index (χ1) is 18.0. The molecule has 1 heterocycles. The number of aryl methyl sites for hydroxylation is 2. The number of aliphatic hydroxyl groups excluding tert-OH is 1. The molecule has 38 heavy (non-hydrogen) atoms. The van der Waals surface area contributed by atoms with Crippen LogP contribution in [0.25, 0.3) is 16.8 Å². The van der Waals surface area contributed by atoms with Gasteiger partial charge in [-0.1, -0.05) is 61.9 Å². The van der Waals surface area contributed by atoms with E-state index in [9.17, 15) is 5.11 Å². The molecule has 3 aromatic rings. The van der Waals surface area contributed by atoms with Gasteiger partial charge < -0.3 is 10.0 Å². The summed E-state index contributed by atoms with van der Waals surface area (Å²) in [5.41, 5.74) is 15.1. The number of rotatable bonds is 7. The van der Waals surface area contributed by atoms with Gasteiger partial charge in [0.25, 0.3) is 0 Å². The Labute approximate surface area is 229 Å². The van der Waals surface area contributed by atoms with Gasteiger partial charge >= 0.3 is 0 Å². The van der Waals surface area contributed by atoms with Gasteiger partial charge in [0.2, 0.25) is 0 Å². The second-order valence-corrected chi connectivity index (χ2v) is 11.2. The molecule has 0 radical (unpaired) electrons. The van der Waals surface area contributed by atoms with Crippen molar-refractivity contribution in [3.8, 4) is 11.3 Å². The van der Waals surface area contributed by atoms with Crippen molar-refractivity contribution >= 4 is 16.9 Å². The van der Waals surface area contributed by atoms with Crippen molar-refractivity contribution in [1.82, 2.24) is 4.98 Å². The number of aromatic nitrogens is 1. The van der Waals surface area contributed by atoms with Gasteiger partial charge in [0.15, 0.2) is 0 Å². The third kappa shape index (κ3) is 5.26. The SMILES string of the molecule is CC1=CCc2c1ccc(C(C)O)c2-c1cc(N(C(=C(C)C)/C(C)=C\C(C)C)c2c(C)cccc2C)ccn1. The summed E-state index contributed by atoms with van der Waals surface area (Å²) in [6.07, 6.45) is 6.80. The molecule has 3 heteroatoms. The highest BCUT2D eigenvalue weighted by molar-refractivity contribution is 5.84. The molecule has 0 fully saturated rings. The van der Waals surface area contributed by atoms with Crippen LogP contribution in [0.3, 0.4) is 0 Å². The van der Waals surface area contributed by atoms with E-state index in [4.69, 9.17) is 4.98 Å². The normalized spacial score (nSPS) is 13.9. The first-order valence-corrected chi connectivity index (χ1v) is 13.7. The number of hydrogen-bond donors (Lipinski definition) is 1. The first-order valence-electron chi connectivity index (χ1n) is 13.7. The van der Waals surface area contributed by atoms with Gasteiger partial charge in [-0.3, -0.25) is 4.98 Å². The topological polar surface area (TPSA) is 36.4 Å². The van der Waals surface area contributed by atoms with Crippen molar-refractivity contribution in [3.05, 3.63) is 105 Å². The molecule has 1 aromatic heterocycles. The summed E-state index contributed by atoms with van der Waals surface area (Å²) in [7, 11) is 0. The van der Waals surface area contributed by atoms with E-state index < -0.39 is 6.10 Å². The van der Waals surface area contributed by atoms with E-state index in [0.717, 1.165) is 28.9 Å². The summed E-state index contributed by atoms with van der Waals surface area (Å²) < 4.78 is 0. The number of benzene rings is 2. The highest BCUT2D eigenvalue weighted by Gasteiger charge is 2.25. The second-order valence-electron chi connectivity index (χ2n) is 11.2. The van der Waals surface area contributed by atoms with E-state index in [1.165, 1.54) is 50.4 Å². The number of aliphatic hydroxyl groups is 1. The maximum Gasteiger partial charge on any atom is 0.0768 e. The minimum absolute atomic E-state index is 0.438. The maximum absolute atomic E-state index is 10.7. The minimum Gasteiger partial charge on any atom is -0.389 e. The van der Waals surface area contributed by atoms with Crippen LogP contribution in [-0.4, -0.2) is 10.1 Å². The molecule has 0 saturated heterocycles. The number of nitrogens with zero attached hydrogens (tertiary/aromatic N) is 2. The van der Waals surface area contributed by atoms with Crippen LogP contribution in [-0.2, 0) is 6.42 Å². The fourth-order valence-corrected chi connectivity index (χ4v) is 5.86. The molecular weight excluding hydrogens is 464 g/mol. The third-order valence-electron chi connectivity index (χ3n) is 7.41. The van der Waals surface area contributed by atoms with Crippen LogP contribution in [0.1, 0.15) is 82.4 Å². The zero-order valence-electron chi connectivity index (χ0n) is 24.5. The Balaban J connectivity index is 2.01. The molecule has 0 spiro atoms. The van der Waals surface area contributed by atoms with Crippen molar-refractivity contribution in [1.29, 1.82) is 0 Å². The molecule has 1 aliphatic rings. The average molecular weight is 507 g/mol. The van der Waals surface area contributed by atoms with Crippen molar-refractivity contribution in [3.63, 3.8) is 0 Å². The molecule has 3 nitrogen and oxygen atoms in total. The Bertz CT molecular complexity index is 1430. The molecular formula is C35H42N2O. The van der Waals surface area contributed by atoms with Crippen LogP contribution in [0.2, 0.25) is 0 Å². The average Bonchev–Trinajstić information content (AvgIpc) is 3.22. The summed E-state index contributed by atoms with van der Waals surface area (Å²) in [6, 6.07) is 15.0. The van der Waals surface area contributed by atoms with Gasteiger partial charge in [-0.2, -0.15) is 0 Å². The number of fused-ring (bicyclic) bond motifs is 1. The van der Waals surface area contributed by atoms with Gasteiger partial charge in [0.05, 0.1) is 17.5 Å². The van der Waals surface area contributed by atoms with Crippen LogP contribution in [0.15, 0.2) is 77.7 Å². The molecule has 0 aliphatic heterocycles. The highest BCUT2D eigenvalue weighted by atomic mass is 16.3. The van der Waals surface area contributed by atoms with Gasteiger partial charge in [0, 0.05) is 23.1 Å². The zero-order chi connectivity index (χ0) is 27.7. The second kappa shape index (κ2) is 11.1. The van der Waals surface area contributed by atoms with Crippen LogP contribution in [0.4, 0.5) is 11.4 Å². The van der Waals surface area contributed by atoms with Crippen molar-refractivity contribution < 1.29 is 5.11 Å². The van der Waals surface area contributed by atoms with Crippen molar-refractivity contribution in [2.24, 2.45) is 5.92 Å². The van der Waals surface area contributed by atoms with Gasteiger partial charge in [0.1, 0.15) is 0 Å². The predicted molar refractivity (Wildman–Crippen MR) is 163 cm³/mol. The van der Waals surface area contributed by atoms with E-state index in [1.54, 1.807) is 0 Å². The third-order valence-corrected chi connectivity index (χ3v) is 7.41. The Morgan fingerprint density at radius 2 is 1.66 bits per heavy atom. The molecule has 1 aliphatic carbocycles. The standard InChI is InChI=1S/C35H42N2O/c1-21(2)19-26(8)34(22(3)4)37(35-24(6)11-10-12-25(35)7)28-17-18-36-32(20-28)33-30(27(9)38)16-15-29-23(5)13-14-31(29)33/h10-13,15-21,27,38H,14H2,1-9H3/b26-19-. The van der Waals surface area contributed by atoms with Gasteiger partial charge in [-0.25, -0.2) is 0 Å². The lowest BCUT2D eigenvalue weighted by Crippen LogP contribution is -2.21. The predicted octanol–water partition coefficient (Wildman–Crippen LogP) is 9.41. The number of pyridine rings is 1. The zero-order valence-corrected chi connectivity index (χ0v) is 24.5. The fraction of sp³-hybridized carbons (Fsp3) is 0.343.